The predicted molar refractivity (Wildman–Crippen MR) is 45.2 cm³/mol. The summed E-state index contributed by atoms with van der Waals surface area (Å²) in [5.74, 6) is 0.931. The molecule has 13 heavy (non-hydrogen) atoms. The Morgan fingerprint density at radius 3 is 3.08 bits per heavy atom. The van der Waals surface area contributed by atoms with Crippen LogP contribution in [-0.4, -0.2) is 31.2 Å². The van der Waals surface area contributed by atoms with Gasteiger partial charge in [-0.15, -0.1) is 0 Å². The Morgan fingerprint density at radius 1 is 1.38 bits per heavy atom. The van der Waals surface area contributed by atoms with Crippen molar-refractivity contribution in [3.05, 3.63) is 12.2 Å². The van der Waals surface area contributed by atoms with E-state index in [0.29, 0.717) is 18.3 Å². The van der Waals surface area contributed by atoms with Gasteiger partial charge in [0.05, 0.1) is 24.9 Å². The zero-order valence-electron chi connectivity index (χ0n) is 7.26. The number of hydrogen-bond acceptors (Lipinski definition) is 3. The minimum Gasteiger partial charge on any atom is -0.377 e. The van der Waals surface area contributed by atoms with Gasteiger partial charge < -0.3 is 14.3 Å². The summed E-state index contributed by atoms with van der Waals surface area (Å²) in [5, 5.41) is 0. The van der Waals surface area contributed by atoms with Gasteiger partial charge in [0, 0.05) is 18.3 Å². The van der Waals surface area contributed by atoms with Crippen molar-refractivity contribution in [2.45, 2.75) is 24.7 Å². The quantitative estimate of drug-likeness (QED) is 0.459. The van der Waals surface area contributed by atoms with E-state index in [1.165, 1.54) is 0 Å². The van der Waals surface area contributed by atoms with Crippen LogP contribution in [0.4, 0.5) is 0 Å². The lowest BCUT2D eigenvalue weighted by Crippen LogP contribution is -2.28. The van der Waals surface area contributed by atoms with Crippen LogP contribution in [0, 0.1) is 11.8 Å². The maximum Gasteiger partial charge on any atom is 0.122 e. The summed E-state index contributed by atoms with van der Waals surface area (Å²) in [5.41, 5.74) is 0. The molecule has 0 radical (unpaired) electrons. The van der Waals surface area contributed by atoms with Crippen molar-refractivity contribution >= 4 is 6.29 Å². The lowest BCUT2D eigenvalue weighted by Gasteiger charge is -2.19. The molecule has 3 aliphatic rings. The van der Waals surface area contributed by atoms with Gasteiger partial charge in [-0.2, -0.15) is 0 Å². The van der Waals surface area contributed by atoms with Gasteiger partial charge in [0.1, 0.15) is 6.29 Å². The first-order chi connectivity index (χ1) is 6.40. The normalized spacial score (nSPS) is 51.2. The van der Waals surface area contributed by atoms with Crippen LogP contribution in [0.1, 0.15) is 6.42 Å². The summed E-state index contributed by atoms with van der Waals surface area (Å²) >= 11 is 0. The fourth-order valence-corrected chi connectivity index (χ4v) is 2.78. The van der Waals surface area contributed by atoms with Crippen LogP contribution in [-0.2, 0) is 14.3 Å². The third kappa shape index (κ3) is 0.944. The standard InChI is InChI=1S/C10H12O3/c11-4-3-8-10-6(5-12-8)7-1-2-9(10)13-7/h1-2,4,6-10H,3,5H2. The molecule has 0 spiro atoms. The zero-order chi connectivity index (χ0) is 8.84. The first-order valence-electron chi connectivity index (χ1n) is 4.79. The van der Waals surface area contributed by atoms with Gasteiger partial charge in [-0.25, -0.2) is 0 Å². The van der Waals surface area contributed by atoms with E-state index in [-0.39, 0.29) is 18.3 Å². The molecule has 2 fully saturated rings. The second-order valence-electron chi connectivity index (χ2n) is 3.97. The molecule has 5 unspecified atom stereocenters. The van der Waals surface area contributed by atoms with E-state index in [0.717, 1.165) is 12.9 Å². The van der Waals surface area contributed by atoms with Crippen LogP contribution >= 0.6 is 0 Å². The average Bonchev–Trinajstić information content (AvgIpc) is 2.74. The molecule has 70 valence electrons. The van der Waals surface area contributed by atoms with E-state index in [1.54, 1.807) is 0 Å². The van der Waals surface area contributed by atoms with Crippen LogP contribution in [0.5, 0.6) is 0 Å². The first kappa shape index (κ1) is 7.71. The molecule has 0 aliphatic carbocycles. The van der Waals surface area contributed by atoms with Gasteiger partial charge in [-0.3, -0.25) is 0 Å². The number of aldehydes is 1. The van der Waals surface area contributed by atoms with E-state index >= 15 is 0 Å². The van der Waals surface area contributed by atoms with Crippen LogP contribution < -0.4 is 0 Å². The SMILES string of the molecule is O=CCC1OCC2C3C=CC(O3)C12. The molecule has 0 aromatic heterocycles. The topological polar surface area (TPSA) is 35.5 Å². The van der Waals surface area contributed by atoms with E-state index in [1.807, 2.05) is 0 Å². The van der Waals surface area contributed by atoms with Gasteiger partial charge in [0.15, 0.2) is 0 Å². The highest BCUT2D eigenvalue weighted by Crippen LogP contribution is 2.46. The molecule has 0 saturated carbocycles. The van der Waals surface area contributed by atoms with Crippen molar-refractivity contribution in [1.82, 2.24) is 0 Å². The van der Waals surface area contributed by atoms with Gasteiger partial charge in [0.2, 0.25) is 0 Å². The molecule has 3 heteroatoms. The second-order valence-corrected chi connectivity index (χ2v) is 3.97. The van der Waals surface area contributed by atoms with Crippen molar-refractivity contribution in [3.63, 3.8) is 0 Å². The van der Waals surface area contributed by atoms with E-state index in [4.69, 9.17) is 9.47 Å². The summed E-state index contributed by atoms with van der Waals surface area (Å²) < 4.78 is 11.3. The number of hydrogen-bond donors (Lipinski definition) is 0. The monoisotopic (exact) mass is 180 g/mol. The summed E-state index contributed by atoms with van der Waals surface area (Å²) in [4.78, 5) is 10.4. The third-order valence-electron chi connectivity index (χ3n) is 3.36. The molecule has 0 aromatic rings. The van der Waals surface area contributed by atoms with Crippen LogP contribution in [0.3, 0.4) is 0 Å². The lowest BCUT2D eigenvalue weighted by atomic mass is 9.81. The van der Waals surface area contributed by atoms with Gasteiger partial charge in [0.25, 0.3) is 0 Å². The van der Waals surface area contributed by atoms with E-state index < -0.39 is 0 Å². The third-order valence-corrected chi connectivity index (χ3v) is 3.36. The fraction of sp³-hybridized carbons (Fsp3) is 0.700. The smallest absolute Gasteiger partial charge is 0.122 e. The summed E-state index contributed by atoms with van der Waals surface area (Å²) in [6, 6.07) is 0. The number of carbonyl (C=O) groups excluding carboxylic acids is 1. The molecular weight excluding hydrogens is 168 g/mol. The Kier molecular flexibility index (Phi) is 1.58. The number of ether oxygens (including phenoxy) is 2. The average molecular weight is 180 g/mol. The van der Waals surface area contributed by atoms with Crippen LogP contribution in [0.2, 0.25) is 0 Å². The molecule has 2 bridgehead atoms. The van der Waals surface area contributed by atoms with Gasteiger partial charge in [-0.1, -0.05) is 12.2 Å². The molecule has 3 rings (SSSR count). The van der Waals surface area contributed by atoms with Gasteiger partial charge in [-0.05, 0) is 0 Å². The molecule has 0 amide bonds. The van der Waals surface area contributed by atoms with E-state index in [2.05, 4.69) is 12.2 Å². The maximum atomic E-state index is 10.4. The minimum atomic E-state index is 0.0995. The number of rotatable bonds is 2. The van der Waals surface area contributed by atoms with Crippen molar-refractivity contribution < 1.29 is 14.3 Å². The van der Waals surface area contributed by atoms with Crippen LogP contribution in [0.25, 0.3) is 0 Å². The summed E-state index contributed by atoms with van der Waals surface area (Å²) in [6.07, 6.45) is 6.26. The van der Waals surface area contributed by atoms with Crippen molar-refractivity contribution in [3.8, 4) is 0 Å². The Labute approximate surface area is 76.7 Å². The Morgan fingerprint density at radius 2 is 2.23 bits per heavy atom. The zero-order valence-corrected chi connectivity index (χ0v) is 7.26. The first-order valence-corrected chi connectivity index (χ1v) is 4.79. The molecule has 2 saturated heterocycles. The molecule has 0 N–H and O–H groups in total. The fourth-order valence-electron chi connectivity index (χ4n) is 2.78. The maximum absolute atomic E-state index is 10.4. The second kappa shape index (κ2) is 2.66. The predicted octanol–water partition coefficient (Wildman–Crippen LogP) is 0.544. The molecule has 5 atom stereocenters. The summed E-state index contributed by atoms with van der Waals surface area (Å²) in [7, 11) is 0. The Hall–Kier alpha value is -0.670. The lowest BCUT2D eigenvalue weighted by molar-refractivity contribution is -0.110. The van der Waals surface area contributed by atoms with Crippen molar-refractivity contribution in [2.24, 2.45) is 11.8 Å². The highest BCUT2D eigenvalue weighted by atomic mass is 16.5. The van der Waals surface area contributed by atoms with Crippen molar-refractivity contribution in [2.75, 3.05) is 6.61 Å². The number of fused-ring (bicyclic) bond motifs is 5. The highest BCUT2D eigenvalue weighted by molar-refractivity contribution is 5.50. The minimum absolute atomic E-state index is 0.0995. The molecule has 3 nitrogen and oxygen atoms in total. The van der Waals surface area contributed by atoms with E-state index in [9.17, 15) is 4.79 Å². The number of carbonyl (C=O) groups is 1. The molecular formula is C10H12O3. The van der Waals surface area contributed by atoms with Crippen molar-refractivity contribution in [1.29, 1.82) is 0 Å². The largest absolute Gasteiger partial charge is 0.377 e. The van der Waals surface area contributed by atoms with Crippen LogP contribution in [0.15, 0.2) is 12.2 Å². The Balaban J connectivity index is 1.83. The van der Waals surface area contributed by atoms with Gasteiger partial charge >= 0.3 is 0 Å². The highest BCUT2D eigenvalue weighted by Gasteiger charge is 2.53. The summed E-state index contributed by atoms with van der Waals surface area (Å²) in [6.45, 7) is 0.759. The molecule has 3 heterocycles. The Bertz CT molecular complexity index is 261. The molecule has 0 aromatic carbocycles. The molecule has 3 aliphatic heterocycles.